The van der Waals surface area contributed by atoms with Crippen LogP contribution in [0.25, 0.3) is 0 Å². The molecule has 0 aromatic heterocycles. The molecule has 2 aliphatic heterocycles. The zero-order valence-corrected chi connectivity index (χ0v) is 55.7. The molecule has 46 heteroatoms. The van der Waals surface area contributed by atoms with Gasteiger partial charge < -0.3 is 8.11 Å². The third-order valence-corrected chi connectivity index (χ3v) is 21.5. The lowest BCUT2D eigenvalue weighted by molar-refractivity contribution is 0.0419. The van der Waals surface area contributed by atoms with E-state index in [1.807, 2.05) is 0 Å². The quantitative estimate of drug-likeness (QED) is 0.0423. The van der Waals surface area contributed by atoms with Gasteiger partial charge in [0.25, 0.3) is 0 Å². The van der Waals surface area contributed by atoms with Crippen molar-refractivity contribution in [2.75, 3.05) is 26.4 Å². The monoisotopic (exact) mass is 1650 g/mol. The second kappa shape index (κ2) is 31.1. The molecule has 0 N–H and O–H groups in total. The van der Waals surface area contributed by atoms with E-state index in [2.05, 4.69) is 47.4 Å². The van der Waals surface area contributed by atoms with Crippen LogP contribution in [0.15, 0.2) is 0 Å². The average Bonchev–Trinajstić information content (AvgIpc) is 0.716. The van der Waals surface area contributed by atoms with E-state index in [-0.39, 0.29) is 0 Å². The molecule has 0 atom stereocenters. The molecule has 0 aliphatic carbocycles. The molecule has 2 saturated heterocycles. The summed E-state index contributed by atoms with van der Waals surface area (Å²) in [6.45, 7) is 19.5. The third kappa shape index (κ3) is 13.7. The standard InChI is InChI=1S/2C24BF20.2C7H17OSi/c2*26-5-1(6(27)14(35)21(42)13(5)34)25(2-7(28)15(36)22(43)16(37)8(2)29,3-9(30)17(38)23(44)18(39)10(3)31)4-11(32)19(40)24(45)20(41)12(4)33;2*1-9(2,3)8-6-4-5-7-8/h;;2*4-7H2,1-3H3/q2*-1;2*+1. The molecule has 2 fully saturated rings. The predicted molar refractivity (Wildman–Crippen MR) is 305 cm³/mol. The average molecular weight is 1650 g/mol. The molecule has 0 amide bonds. The van der Waals surface area contributed by atoms with E-state index in [0.29, 0.717) is 0 Å². The highest BCUT2D eigenvalue weighted by Crippen LogP contribution is 2.35. The first-order valence-corrected chi connectivity index (χ1v) is 36.2. The van der Waals surface area contributed by atoms with Crippen LogP contribution >= 0.6 is 0 Å². The van der Waals surface area contributed by atoms with E-state index in [1.165, 1.54) is 52.1 Å². The van der Waals surface area contributed by atoms with Gasteiger partial charge in [-0.3, -0.25) is 0 Å². The first-order valence-electron chi connectivity index (χ1n) is 29.4. The Morgan fingerprint density at radius 2 is 0.222 bits per heavy atom. The molecule has 0 spiro atoms. The van der Waals surface area contributed by atoms with Crippen LogP contribution in [0.4, 0.5) is 176 Å². The van der Waals surface area contributed by atoms with Gasteiger partial charge in [0.1, 0.15) is 132 Å². The summed E-state index contributed by atoms with van der Waals surface area (Å²) in [7, 11) is -1.95. The Morgan fingerprint density at radius 3 is 0.287 bits per heavy atom. The molecule has 8 aromatic rings. The maximum absolute atomic E-state index is 15.4. The van der Waals surface area contributed by atoms with Crippen molar-refractivity contribution in [3.05, 3.63) is 233 Å². The van der Waals surface area contributed by atoms with Crippen molar-refractivity contribution in [3.8, 4) is 0 Å². The summed E-state index contributed by atoms with van der Waals surface area (Å²) in [4.78, 5) is 0. The normalized spacial score (nSPS) is 13.8. The van der Waals surface area contributed by atoms with E-state index in [4.69, 9.17) is 0 Å². The molecule has 10 rings (SSSR count). The molecule has 108 heavy (non-hydrogen) atoms. The van der Waals surface area contributed by atoms with Gasteiger partial charge in [0.2, 0.25) is 0 Å². The molecule has 2 nitrogen and oxygen atoms in total. The zero-order valence-electron chi connectivity index (χ0n) is 53.7. The Hall–Kier alpha value is -8.56. The molecule has 2 aliphatic rings. The minimum Gasteiger partial charge on any atom is -0.520 e. The lowest BCUT2D eigenvalue weighted by Gasteiger charge is -2.44. The largest absolute Gasteiger partial charge is 0.520 e. The Kier molecular flexibility index (Phi) is 24.9. The van der Waals surface area contributed by atoms with Crippen LogP contribution in [0.5, 0.6) is 0 Å². The van der Waals surface area contributed by atoms with E-state index < -0.39 is 305 Å². The Bertz CT molecular complexity index is 3900. The minimum atomic E-state index is -7.22. The van der Waals surface area contributed by atoms with Crippen LogP contribution in [0.2, 0.25) is 39.3 Å². The molecule has 588 valence electrons. The summed E-state index contributed by atoms with van der Waals surface area (Å²) >= 11 is 0. The first-order chi connectivity index (χ1) is 49.6. The summed E-state index contributed by atoms with van der Waals surface area (Å²) < 4.78 is 595. The molecule has 0 saturated carbocycles. The highest BCUT2D eigenvalue weighted by molar-refractivity contribution is 7.21. The van der Waals surface area contributed by atoms with Crippen LogP contribution in [-0.4, -0.2) is 55.4 Å². The van der Waals surface area contributed by atoms with Gasteiger partial charge in [-0.1, -0.05) is 0 Å². The van der Waals surface area contributed by atoms with Crippen LogP contribution in [0.3, 0.4) is 0 Å². The molecule has 0 radical (unpaired) electrons. The summed E-state index contributed by atoms with van der Waals surface area (Å²) in [5.41, 5.74) is -28.7. The van der Waals surface area contributed by atoms with Crippen molar-refractivity contribution in [1.29, 1.82) is 0 Å². The van der Waals surface area contributed by atoms with E-state index in [9.17, 15) is 105 Å². The number of halogens is 40. The Morgan fingerprint density at radius 1 is 0.148 bits per heavy atom. The van der Waals surface area contributed by atoms with Crippen LogP contribution in [0.1, 0.15) is 25.7 Å². The van der Waals surface area contributed by atoms with Gasteiger partial charge in [-0.2, -0.15) is 0 Å². The molecular weight excluding hydrogens is 1610 g/mol. The van der Waals surface area contributed by atoms with Gasteiger partial charge in [-0.25, -0.2) is 176 Å². The van der Waals surface area contributed by atoms with Gasteiger partial charge in [-0.15, -0.1) is 43.7 Å². The van der Waals surface area contributed by atoms with Crippen LogP contribution in [-0.2, 0) is 8.11 Å². The van der Waals surface area contributed by atoms with Crippen molar-refractivity contribution < 1.29 is 184 Å². The van der Waals surface area contributed by atoms with Crippen molar-refractivity contribution >= 4 is 72.6 Å². The van der Waals surface area contributed by atoms with Gasteiger partial charge >= 0.3 is 16.6 Å². The van der Waals surface area contributed by atoms with Gasteiger partial charge in [0.05, 0.1) is 0 Å². The van der Waals surface area contributed by atoms with Gasteiger partial charge in [0.15, 0.2) is 140 Å². The molecule has 0 unspecified atom stereocenters. The number of benzene rings is 8. The lowest BCUT2D eigenvalue weighted by atomic mass is 9.12. The van der Waals surface area contributed by atoms with Crippen molar-refractivity contribution in [3.63, 3.8) is 0 Å². The summed E-state index contributed by atoms with van der Waals surface area (Å²) in [5.74, 6) is -143. The van der Waals surface area contributed by atoms with E-state index in [0.717, 1.165) is 0 Å². The van der Waals surface area contributed by atoms with Gasteiger partial charge in [-0.05, 0) is 0 Å². The lowest BCUT2D eigenvalue weighted by Crippen LogP contribution is -2.81. The molecular formula is C62H34B2F40O2Si2. The highest BCUT2D eigenvalue weighted by atomic mass is 28.4. The van der Waals surface area contributed by atoms with Crippen LogP contribution in [0, 0.1) is 233 Å². The Labute approximate surface area is 579 Å². The fourth-order valence-electron chi connectivity index (χ4n) is 12.3. The summed E-state index contributed by atoms with van der Waals surface area (Å²) in [6, 6.07) is 0. The summed E-state index contributed by atoms with van der Waals surface area (Å²) in [5, 5.41) is 0. The summed E-state index contributed by atoms with van der Waals surface area (Å²) in [6.07, 6.45) is -8.84. The number of rotatable bonds is 10. The maximum atomic E-state index is 15.4. The maximum Gasteiger partial charge on any atom is 0.376 e. The zero-order chi connectivity index (χ0) is 82.5. The van der Waals surface area contributed by atoms with Crippen molar-refractivity contribution in [2.45, 2.75) is 65.0 Å². The minimum absolute atomic E-state index is 0.974. The topological polar surface area (TPSA) is 5.40 Å². The number of hydrogen-bond acceptors (Lipinski definition) is 0. The SMILES string of the molecule is C[Si](C)(C)[O+]1CCCC1.C[Si](C)(C)[O+]1CCCC1.Fc1c(F)c(F)c([B-](c2c(F)c(F)c(F)c(F)c2F)(c2c(F)c(F)c(F)c(F)c2F)c2c(F)c(F)c(F)c(F)c2F)c(F)c1F.Fc1c(F)c(F)c([B-](c2c(F)c(F)c(F)c(F)c2F)(c2c(F)c(F)c(F)c(F)c2F)c2c(F)c(F)c(F)c(F)c2F)c(F)c1F. The third-order valence-electron chi connectivity index (χ3n) is 17.2. The van der Waals surface area contributed by atoms with E-state index >= 15 is 70.2 Å². The van der Waals surface area contributed by atoms with E-state index in [1.54, 1.807) is 0 Å². The Balaban J connectivity index is 0.000000243. The second-order valence-corrected chi connectivity index (χ2v) is 34.6. The fraction of sp³-hybridized carbons (Fsp3) is 0.226. The van der Waals surface area contributed by atoms with Crippen molar-refractivity contribution in [1.82, 2.24) is 0 Å². The predicted octanol–water partition coefficient (Wildman–Crippen LogP) is 16.0. The fourth-order valence-corrected chi connectivity index (χ4v) is 15.3. The first kappa shape index (κ1) is 86.7. The second-order valence-electron chi connectivity index (χ2n) is 25.0. The molecule has 2 heterocycles. The highest BCUT2D eigenvalue weighted by Gasteiger charge is 2.55. The smallest absolute Gasteiger partial charge is 0.376 e. The van der Waals surface area contributed by atoms with Crippen molar-refractivity contribution in [2.24, 2.45) is 0 Å². The molecule has 8 aromatic carbocycles. The molecule has 0 bridgehead atoms. The van der Waals surface area contributed by atoms with Gasteiger partial charge in [0, 0.05) is 65.0 Å². The number of hydrogen-bond donors (Lipinski definition) is 0. The van der Waals surface area contributed by atoms with Crippen LogP contribution < -0.4 is 43.7 Å².